The predicted octanol–water partition coefficient (Wildman–Crippen LogP) is 2.54. The van der Waals surface area contributed by atoms with Crippen LogP contribution in [0.2, 0.25) is 0 Å². The van der Waals surface area contributed by atoms with Crippen molar-refractivity contribution in [2.24, 2.45) is 0 Å². The number of carbonyl (C=O) groups excluding carboxylic acids is 1. The number of hydrogen-bond donors (Lipinski definition) is 0. The molecule has 19 heavy (non-hydrogen) atoms. The van der Waals surface area contributed by atoms with Gasteiger partial charge in [-0.3, -0.25) is 14.9 Å². The molecule has 0 radical (unpaired) electrons. The van der Waals surface area contributed by atoms with Crippen LogP contribution >= 0.6 is 0 Å². The van der Waals surface area contributed by atoms with Crippen molar-refractivity contribution in [2.75, 3.05) is 6.54 Å². The molecule has 0 bridgehead atoms. The second kappa shape index (κ2) is 5.82. The standard InChI is InChI=1S/C14H18N2O3/c1-11-4-2-3-9-15(11)14(17)10-12-5-7-13(8-6-12)16(18)19/h5-8,11H,2-4,9-10H2,1H3/t11-/m0/s1. The van der Waals surface area contributed by atoms with Gasteiger partial charge in [0, 0.05) is 24.7 Å². The Kier molecular flexibility index (Phi) is 4.14. The predicted molar refractivity (Wildman–Crippen MR) is 71.8 cm³/mol. The largest absolute Gasteiger partial charge is 0.340 e. The molecule has 1 heterocycles. The van der Waals surface area contributed by atoms with Gasteiger partial charge in [-0.15, -0.1) is 0 Å². The zero-order chi connectivity index (χ0) is 13.8. The molecule has 0 saturated carbocycles. The van der Waals surface area contributed by atoms with Crippen molar-refractivity contribution in [1.82, 2.24) is 4.90 Å². The van der Waals surface area contributed by atoms with Crippen LogP contribution in [-0.2, 0) is 11.2 Å². The van der Waals surface area contributed by atoms with Crippen LogP contribution in [0.25, 0.3) is 0 Å². The third-order valence-electron chi connectivity index (χ3n) is 3.63. The Morgan fingerprint density at radius 3 is 2.63 bits per heavy atom. The van der Waals surface area contributed by atoms with Crippen molar-refractivity contribution in [1.29, 1.82) is 0 Å². The van der Waals surface area contributed by atoms with Crippen molar-refractivity contribution < 1.29 is 9.72 Å². The molecule has 1 aromatic rings. The van der Waals surface area contributed by atoms with E-state index in [1.54, 1.807) is 12.1 Å². The van der Waals surface area contributed by atoms with Crippen molar-refractivity contribution in [3.8, 4) is 0 Å². The van der Waals surface area contributed by atoms with E-state index in [4.69, 9.17) is 0 Å². The highest BCUT2D eigenvalue weighted by atomic mass is 16.6. The van der Waals surface area contributed by atoms with Gasteiger partial charge in [-0.2, -0.15) is 0 Å². The van der Waals surface area contributed by atoms with E-state index in [9.17, 15) is 14.9 Å². The van der Waals surface area contributed by atoms with Crippen molar-refractivity contribution in [2.45, 2.75) is 38.6 Å². The number of rotatable bonds is 3. The van der Waals surface area contributed by atoms with Gasteiger partial charge < -0.3 is 4.90 Å². The first-order valence-corrected chi connectivity index (χ1v) is 6.60. The lowest BCUT2D eigenvalue weighted by atomic mass is 10.0. The minimum absolute atomic E-state index is 0.0579. The quantitative estimate of drug-likeness (QED) is 0.621. The monoisotopic (exact) mass is 262 g/mol. The van der Waals surface area contributed by atoms with E-state index < -0.39 is 4.92 Å². The minimum atomic E-state index is -0.432. The first kappa shape index (κ1) is 13.5. The second-order valence-corrected chi connectivity index (χ2v) is 5.03. The van der Waals surface area contributed by atoms with Crippen LogP contribution in [-0.4, -0.2) is 28.3 Å². The summed E-state index contributed by atoms with van der Waals surface area (Å²) in [7, 11) is 0. The Morgan fingerprint density at radius 1 is 1.37 bits per heavy atom. The fourth-order valence-electron chi connectivity index (χ4n) is 2.48. The molecular formula is C14H18N2O3. The molecule has 0 aliphatic carbocycles. The van der Waals surface area contributed by atoms with Crippen molar-refractivity contribution in [3.05, 3.63) is 39.9 Å². The van der Waals surface area contributed by atoms with E-state index in [2.05, 4.69) is 6.92 Å². The molecule has 102 valence electrons. The average Bonchev–Trinajstić information content (AvgIpc) is 2.39. The lowest BCUT2D eigenvalue weighted by Gasteiger charge is -2.33. The summed E-state index contributed by atoms with van der Waals surface area (Å²) in [5.74, 6) is 0.112. The van der Waals surface area contributed by atoms with Gasteiger partial charge >= 0.3 is 0 Å². The fourth-order valence-corrected chi connectivity index (χ4v) is 2.48. The molecule has 1 fully saturated rings. The van der Waals surface area contributed by atoms with Crippen LogP contribution in [0.3, 0.4) is 0 Å². The lowest BCUT2D eigenvalue weighted by molar-refractivity contribution is -0.384. The highest BCUT2D eigenvalue weighted by Crippen LogP contribution is 2.18. The maximum absolute atomic E-state index is 12.2. The van der Waals surface area contributed by atoms with E-state index in [-0.39, 0.29) is 11.6 Å². The Hall–Kier alpha value is -1.91. The molecule has 0 N–H and O–H groups in total. The van der Waals surface area contributed by atoms with Crippen molar-refractivity contribution in [3.63, 3.8) is 0 Å². The van der Waals surface area contributed by atoms with Crippen molar-refractivity contribution >= 4 is 11.6 Å². The Balaban J connectivity index is 2.00. The molecule has 1 aliphatic rings. The molecular weight excluding hydrogens is 244 g/mol. The molecule has 0 spiro atoms. The van der Waals surface area contributed by atoms with Crippen LogP contribution in [0.1, 0.15) is 31.7 Å². The number of hydrogen-bond acceptors (Lipinski definition) is 3. The molecule has 1 amide bonds. The number of nitrogens with zero attached hydrogens (tertiary/aromatic N) is 2. The number of non-ortho nitro benzene ring substituents is 1. The number of piperidine rings is 1. The van der Waals surface area contributed by atoms with Gasteiger partial charge in [0.05, 0.1) is 11.3 Å². The normalized spacial score (nSPS) is 19.2. The van der Waals surface area contributed by atoms with Gasteiger partial charge in [0.25, 0.3) is 5.69 Å². The van der Waals surface area contributed by atoms with Gasteiger partial charge in [-0.25, -0.2) is 0 Å². The molecule has 1 aliphatic heterocycles. The highest BCUT2D eigenvalue weighted by Gasteiger charge is 2.23. The summed E-state index contributed by atoms with van der Waals surface area (Å²) < 4.78 is 0. The Morgan fingerprint density at radius 2 is 2.05 bits per heavy atom. The first-order valence-electron chi connectivity index (χ1n) is 6.60. The summed E-state index contributed by atoms with van der Waals surface area (Å²) in [6, 6.07) is 6.51. The summed E-state index contributed by atoms with van der Waals surface area (Å²) in [6.07, 6.45) is 3.63. The molecule has 1 aromatic carbocycles. The molecule has 0 unspecified atom stereocenters. The second-order valence-electron chi connectivity index (χ2n) is 5.03. The van der Waals surface area contributed by atoms with Gasteiger partial charge in [-0.05, 0) is 31.7 Å². The van der Waals surface area contributed by atoms with E-state index in [0.717, 1.165) is 24.9 Å². The van der Waals surface area contributed by atoms with Crippen LogP contribution in [0.15, 0.2) is 24.3 Å². The van der Waals surface area contributed by atoms with Crippen LogP contribution in [0.4, 0.5) is 5.69 Å². The summed E-state index contributed by atoms with van der Waals surface area (Å²) in [5.41, 5.74) is 0.885. The van der Waals surface area contributed by atoms with Crippen LogP contribution in [0.5, 0.6) is 0 Å². The molecule has 1 atom stereocenters. The van der Waals surface area contributed by atoms with E-state index in [1.807, 2.05) is 4.90 Å². The van der Waals surface area contributed by atoms with Gasteiger partial charge in [0.15, 0.2) is 0 Å². The highest BCUT2D eigenvalue weighted by molar-refractivity contribution is 5.79. The minimum Gasteiger partial charge on any atom is -0.340 e. The third-order valence-corrected chi connectivity index (χ3v) is 3.63. The number of benzene rings is 1. The molecule has 5 nitrogen and oxygen atoms in total. The number of nitro groups is 1. The smallest absolute Gasteiger partial charge is 0.269 e. The van der Waals surface area contributed by atoms with Gasteiger partial charge in [-0.1, -0.05) is 12.1 Å². The SMILES string of the molecule is C[C@H]1CCCCN1C(=O)Cc1ccc([N+](=O)[O-])cc1. The number of amides is 1. The summed E-state index contributed by atoms with van der Waals surface area (Å²) in [6.45, 7) is 2.90. The topological polar surface area (TPSA) is 63.5 Å². The lowest BCUT2D eigenvalue weighted by Crippen LogP contribution is -2.42. The van der Waals surface area contributed by atoms with Crippen LogP contribution in [0, 0.1) is 10.1 Å². The summed E-state index contributed by atoms with van der Waals surface area (Å²) in [4.78, 5) is 24.2. The zero-order valence-electron chi connectivity index (χ0n) is 11.0. The van der Waals surface area contributed by atoms with E-state index in [1.165, 1.54) is 18.6 Å². The Labute approximate surface area is 112 Å². The summed E-state index contributed by atoms with van der Waals surface area (Å²) >= 11 is 0. The first-order chi connectivity index (χ1) is 9.08. The summed E-state index contributed by atoms with van der Waals surface area (Å²) in [5, 5.41) is 10.6. The molecule has 5 heteroatoms. The van der Waals surface area contributed by atoms with Gasteiger partial charge in [0.2, 0.25) is 5.91 Å². The molecule has 1 saturated heterocycles. The third kappa shape index (κ3) is 3.30. The molecule has 0 aromatic heterocycles. The average molecular weight is 262 g/mol. The maximum Gasteiger partial charge on any atom is 0.269 e. The van der Waals surface area contributed by atoms with Gasteiger partial charge in [0.1, 0.15) is 0 Å². The van der Waals surface area contributed by atoms with E-state index >= 15 is 0 Å². The van der Waals surface area contributed by atoms with E-state index in [0.29, 0.717) is 12.5 Å². The fraction of sp³-hybridized carbons (Fsp3) is 0.500. The number of likely N-dealkylation sites (tertiary alicyclic amines) is 1. The zero-order valence-corrected chi connectivity index (χ0v) is 11.0. The van der Waals surface area contributed by atoms with Crippen LogP contribution < -0.4 is 0 Å². The maximum atomic E-state index is 12.2. The number of nitro benzene ring substituents is 1. The Bertz CT molecular complexity index is 470. The number of carbonyl (C=O) groups is 1. The molecule has 2 rings (SSSR count).